The fraction of sp³-hybridized carbons (Fsp3) is 0.200. The Hall–Kier alpha value is -1.84. The van der Waals surface area contributed by atoms with E-state index in [4.69, 9.17) is 0 Å². The van der Waals surface area contributed by atoms with Crippen molar-refractivity contribution in [2.75, 3.05) is 12.4 Å². The lowest BCUT2D eigenvalue weighted by Crippen LogP contribution is -1.92. The Kier molecular flexibility index (Phi) is 2.18. The molecule has 0 radical (unpaired) electrons. The zero-order chi connectivity index (χ0) is 9.97. The van der Waals surface area contributed by atoms with Crippen molar-refractivity contribution in [2.45, 2.75) is 0 Å². The molecule has 0 amide bonds. The van der Waals surface area contributed by atoms with E-state index in [9.17, 15) is 0 Å². The molecule has 1 aromatic carbocycles. The van der Waals surface area contributed by atoms with Crippen molar-refractivity contribution in [3.63, 3.8) is 0 Å². The molecule has 4 nitrogen and oxygen atoms in total. The minimum atomic E-state index is 0.893. The van der Waals surface area contributed by atoms with Crippen LogP contribution < -0.4 is 5.32 Å². The van der Waals surface area contributed by atoms with Crippen molar-refractivity contribution in [3.8, 4) is 11.3 Å². The van der Waals surface area contributed by atoms with Gasteiger partial charge >= 0.3 is 0 Å². The largest absolute Gasteiger partial charge is 0.388 e. The zero-order valence-corrected chi connectivity index (χ0v) is 8.23. The van der Waals surface area contributed by atoms with E-state index in [0.29, 0.717) is 0 Å². The summed E-state index contributed by atoms with van der Waals surface area (Å²) in [4.78, 5) is 1.56. The van der Waals surface area contributed by atoms with E-state index in [-0.39, 0.29) is 0 Å². The first-order valence-corrected chi connectivity index (χ1v) is 4.44. The van der Waals surface area contributed by atoms with E-state index < -0.39 is 0 Å². The first-order chi connectivity index (χ1) is 6.79. The number of nitrogens with one attached hydrogen (secondary N) is 1. The number of aromatic nitrogens is 3. The van der Waals surface area contributed by atoms with Crippen LogP contribution in [0.3, 0.4) is 0 Å². The average Bonchev–Trinajstić information content (AvgIpc) is 2.65. The van der Waals surface area contributed by atoms with Crippen molar-refractivity contribution in [3.05, 3.63) is 30.5 Å². The maximum atomic E-state index is 4.23. The minimum absolute atomic E-state index is 0.893. The van der Waals surface area contributed by atoms with Gasteiger partial charge in [-0.3, -0.25) is 0 Å². The molecule has 1 aromatic heterocycles. The highest BCUT2D eigenvalue weighted by Gasteiger charge is 2.01. The van der Waals surface area contributed by atoms with Gasteiger partial charge in [-0.2, -0.15) is 15.0 Å². The second-order valence-corrected chi connectivity index (χ2v) is 3.05. The summed E-state index contributed by atoms with van der Waals surface area (Å²) >= 11 is 0. The maximum absolute atomic E-state index is 4.23. The van der Waals surface area contributed by atoms with Crippen LogP contribution in [0.15, 0.2) is 30.5 Å². The highest BCUT2D eigenvalue weighted by Crippen LogP contribution is 2.19. The molecule has 0 saturated carbocycles. The third kappa shape index (κ3) is 1.59. The molecule has 0 atom stereocenters. The molecular formula is C10H12N4. The Labute approximate surface area is 82.6 Å². The summed E-state index contributed by atoms with van der Waals surface area (Å²) in [6, 6.07) is 8.07. The molecule has 1 N–H and O–H groups in total. The summed E-state index contributed by atoms with van der Waals surface area (Å²) < 4.78 is 0. The SMILES string of the molecule is CNc1cccc(-c2cnn(C)n2)c1. The van der Waals surface area contributed by atoms with Crippen LogP contribution in [0.4, 0.5) is 5.69 Å². The molecule has 0 saturated heterocycles. The lowest BCUT2D eigenvalue weighted by atomic mass is 10.1. The number of hydrogen-bond donors (Lipinski definition) is 1. The maximum Gasteiger partial charge on any atom is 0.113 e. The second-order valence-electron chi connectivity index (χ2n) is 3.05. The Morgan fingerprint density at radius 2 is 2.21 bits per heavy atom. The van der Waals surface area contributed by atoms with Gasteiger partial charge in [0.15, 0.2) is 0 Å². The third-order valence-corrected chi connectivity index (χ3v) is 2.05. The normalized spacial score (nSPS) is 10.1. The smallest absolute Gasteiger partial charge is 0.113 e. The van der Waals surface area contributed by atoms with Crippen LogP contribution in [-0.2, 0) is 7.05 Å². The van der Waals surface area contributed by atoms with Crippen molar-refractivity contribution in [1.82, 2.24) is 15.0 Å². The molecule has 1 heterocycles. The van der Waals surface area contributed by atoms with Crippen LogP contribution in [-0.4, -0.2) is 22.0 Å². The number of hydrogen-bond acceptors (Lipinski definition) is 3. The lowest BCUT2D eigenvalue weighted by Gasteiger charge is -2.01. The van der Waals surface area contributed by atoms with Crippen molar-refractivity contribution in [2.24, 2.45) is 7.05 Å². The number of rotatable bonds is 2. The number of aryl methyl sites for hydroxylation is 1. The summed E-state index contributed by atoms with van der Waals surface area (Å²) in [5.41, 5.74) is 3.04. The van der Waals surface area contributed by atoms with Gasteiger partial charge in [0.25, 0.3) is 0 Å². The molecule has 0 aliphatic carbocycles. The number of nitrogens with zero attached hydrogens (tertiary/aromatic N) is 3. The molecule has 2 aromatic rings. The van der Waals surface area contributed by atoms with E-state index in [0.717, 1.165) is 16.9 Å². The van der Waals surface area contributed by atoms with E-state index >= 15 is 0 Å². The molecular weight excluding hydrogens is 176 g/mol. The molecule has 0 fully saturated rings. The highest BCUT2D eigenvalue weighted by molar-refractivity contribution is 5.63. The third-order valence-electron chi connectivity index (χ3n) is 2.05. The van der Waals surface area contributed by atoms with Gasteiger partial charge in [0, 0.05) is 25.3 Å². The highest BCUT2D eigenvalue weighted by atomic mass is 15.4. The van der Waals surface area contributed by atoms with Gasteiger partial charge < -0.3 is 5.32 Å². The number of benzene rings is 1. The van der Waals surface area contributed by atoms with Crippen molar-refractivity contribution < 1.29 is 0 Å². The van der Waals surface area contributed by atoms with Gasteiger partial charge in [-0.15, -0.1) is 0 Å². The van der Waals surface area contributed by atoms with E-state index in [1.807, 2.05) is 38.4 Å². The van der Waals surface area contributed by atoms with Crippen LogP contribution in [0.1, 0.15) is 0 Å². The van der Waals surface area contributed by atoms with E-state index in [2.05, 4.69) is 15.5 Å². The summed E-state index contributed by atoms with van der Waals surface area (Å²) in [5, 5.41) is 11.4. The van der Waals surface area contributed by atoms with Gasteiger partial charge in [0.1, 0.15) is 5.69 Å². The fourth-order valence-corrected chi connectivity index (χ4v) is 1.31. The van der Waals surface area contributed by atoms with Crippen LogP contribution in [0.2, 0.25) is 0 Å². The van der Waals surface area contributed by atoms with Crippen LogP contribution >= 0.6 is 0 Å². The second kappa shape index (κ2) is 3.49. The summed E-state index contributed by atoms with van der Waals surface area (Å²) in [6.45, 7) is 0. The van der Waals surface area contributed by atoms with Gasteiger partial charge in [0.05, 0.1) is 6.20 Å². The summed E-state index contributed by atoms with van der Waals surface area (Å²) in [7, 11) is 3.71. The molecule has 0 aliphatic heterocycles. The minimum Gasteiger partial charge on any atom is -0.388 e. The van der Waals surface area contributed by atoms with Crippen LogP contribution in [0.5, 0.6) is 0 Å². The molecule has 0 spiro atoms. The lowest BCUT2D eigenvalue weighted by molar-refractivity contribution is 0.655. The standard InChI is InChI=1S/C10H12N4/c1-11-9-5-3-4-8(6-9)10-7-12-14(2)13-10/h3-7,11H,1-2H3. The van der Waals surface area contributed by atoms with E-state index in [1.165, 1.54) is 0 Å². The Morgan fingerprint density at radius 1 is 1.36 bits per heavy atom. The Bertz CT molecular complexity index is 433. The predicted octanol–water partition coefficient (Wildman–Crippen LogP) is 1.52. The first kappa shape index (κ1) is 8.74. The van der Waals surface area contributed by atoms with Gasteiger partial charge in [-0.1, -0.05) is 12.1 Å². The molecule has 0 aliphatic rings. The molecule has 2 rings (SSSR count). The number of anilines is 1. The summed E-state index contributed by atoms with van der Waals surface area (Å²) in [6.07, 6.45) is 1.76. The zero-order valence-electron chi connectivity index (χ0n) is 8.23. The van der Waals surface area contributed by atoms with Crippen LogP contribution in [0, 0.1) is 0 Å². The Morgan fingerprint density at radius 3 is 2.86 bits per heavy atom. The average molecular weight is 188 g/mol. The molecule has 72 valence electrons. The van der Waals surface area contributed by atoms with E-state index in [1.54, 1.807) is 11.0 Å². The molecule has 4 heteroatoms. The first-order valence-electron chi connectivity index (χ1n) is 4.44. The van der Waals surface area contributed by atoms with Crippen molar-refractivity contribution in [1.29, 1.82) is 0 Å². The van der Waals surface area contributed by atoms with Gasteiger partial charge in [-0.05, 0) is 12.1 Å². The summed E-state index contributed by atoms with van der Waals surface area (Å²) in [5.74, 6) is 0. The fourth-order valence-electron chi connectivity index (χ4n) is 1.31. The quantitative estimate of drug-likeness (QED) is 0.777. The predicted molar refractivity (Wildman–Crippen MR) is 56.0 cm³/mol. The molecule has 14 heavy (non-hydrogen) atoms. The molecule has 0 unspecified atom stereocenters. The Balaban J connectivity index is 2.41. The van der Waals surface area contributed by atoms with Crippen molar-refractivity contribution >= 4 is 5.69 Å². The monoisotopic (exact) mass is 188 g/mol. The van der Waals surface area contributed by atoms with Crippen LogP contribution in [0.25, 0.3) is 11.3 Å². The molecule has 0 bridgehead atoms. The van der Waals surface area contributed by atoms with Gasteiger partial charge in [0.2, 0.25) is 0 Å². The van der Waals surface area contributed by atoms with Gasteiger partial charge in [-0.25, -0.2) is 0 Å². The topological polar surface area (TPSA) is 42.7 Å².